The summed E-state index contributed by atoms with van der Waals surface area (Å²) in [7, 11) is 3.33. The van der Waals surface area contributed by atoms with E-state index in [2.05, 4.69) is 5.32 Å². The first-order chi connectivity index (χ1) is 13.6. The average molecular weight is 427 g/mol. The van der Waals surface area contributed by atoms with E-state index >= 15 is 0 Å². The Balaban J connectivity index is 2.18. The number of quaternary nitrogens is 1. The van der Waals surface area contributed by atoms with Gasteiger partial charge in [0.1, 0.15) is 11.4 Å². The number of piperidine rings is 1. The molecular formula is C20H32N3O5S+. The van der Waals surface area contributed by atoms with Crippen LogP contribution in [0.15, 0.2) is 5.38 Å². The maximum Gasteiger partial charge on any atom is 0.279 e. The van der Waals surface area contributed by atoms with Gasteiger partial charge < -0.3 is 24.9 Å². The molecule has 0 aliphatic carbocycles. The molecule has 0 bridgehead atoms. The van der Waals surface area contributed by atoms with Gasteiger partial charge in [0.05, 0.1) is 32.0 Å². The fourth-order valence-electron chi connectivity index (χ4n) is 3.84. The summed E-state index contributed by atoms with van der Waals surface area (Å²) >= 11 is 1.30. The number of Topliss-reactive ketones (excluding diaryl/α,β-unsaturated/α-hetero) is 1. The number of likely N-dealkylation sites (tertiary alicyclic amines) is 1. The van der Waals surface area contributed by atoms with E-state index in [4.69, 9.17) is 0 Å². The Kier molecular flexibility index (Phi) is 7.56. The molecule has 0 spiro atoms. The summed E-state index contributed by atoms with van der Waals surface area (Å²) in [6, 6.07) is 0. The second kappa shape index (κ2) is 9.34. The first kappa shape index (κ1) is 23.5. The van der Waals surface area contributed by atoms with Crippen molar-refractivity contribution in [3.8, 4) is 0 Å². The Bertz CT molecular complexity index is 760. The summed E-state index contributed by atoms with van der Waals surface area (Å²) in [5, 5.41) is 24.0. The number of hydrogen-bond acceptors (Lipinski definition) is 6. The number of carbonyl (C=O) groups excluding carboxylic acids is 3. The molecule has 0 atom stereocenters. The van der Waals surface area contributed by atoms with Crippen LogP contribution in [-0.4, -0.2) is 90.7 Å². The van der Waals surface area contributed by atoms with Crippen LogP contribution in [0.3, 0.4) is 0 Å². The summed E-state index contributed by atoms with van der Waals surface area (Å²) in [6.45, 7) is 4.52. The van der Waals surface area contributed by atoms with E-state index in [9.17, 15) is 24.6 Å². The van der Waals surface area contributed by atoms with E-state index in [1.807, 2.05) is 12.3 Å². The van der Waals surface area contributed by atoms with E-state index in [0.29, 0.717) is 41.0 Å². The summed E-state index contributed by atoms with van der Waals surface area (Å²) in [6.07, 6.45) is 1.09. The van der Waals surface area contributed by atoms with E-state index in [0.717, 1.165) is 5.56 Å². The van der Waals surface area contributed by atoms with Crippen LogP contribution in [0, 0.1) is 12.3 Å². The molecule has 1 aromatic rings. The Morgan fingerprint density at radius 3 is 2.24 bits per heavy atom. The smallest absolute Gasteiger partial charge is 0.279 e. The second-order valence-corrected chi connectivity index (χ2v) is 9.37. The summed E-state index contributed by atoms with van der Waals surface area (Å²) in [4.78, 5) is 39.1. The first-order valence-corrected chi connectivity index (χ1v) is 10.6. The number of anilines is 1. The van der Waals surface area contributed by atoms with Crippen molar-refractivity contribution in [2.75, 3.05) is 58.8 Å². The van der Waals surface area contributed by atoms with Gasteiger partial charge in [-0.3, -0.25) is 14.4 Å². The van der Waals surface area contributed by atoms with Gasteiger partial charge in [-0.1, -0.05) is 0 Å². The van der Waals surface area contributed by atoms with Crippen molar-refractivity contribution >= 4 is 34.6 Å². The number of amides is 2. The SMILES string of the molecule is CC(=O)C[N+]1(CC(=O)Nc2c(C)csc2C(=O)N(C)C)CCC(CO)(CO)CC1. The topological polar surface area (TPSA) is 107 Å². The zero-order valence-corrected chi connectivity index (χ0v) is 18.5. The molecule has 2 amide bonds. The van der Waals surface area contributed by atoms with Crippen LogP contribution in [-0.2, 0) is 9.59 Å². The molecule has 29 heavy (non-hydrogen) atoms. The largest absolute Gasteiger partial charge is 0.396 e. The van der Waals surface area contributed by atoms with E-state index in [-0.39, 0.29) is 43.9 Å². The van der Waals surface area contributed by atoms with Crippen molar-refractivity contribution in [3.05, 3.63) is 15.8 Å². The lowest BCUT2D eigenvalue weighted by atomic mass is 9.79. The van der Waals surface area contributed by atoms with Gasteiger partial charge in [0.15, 0.2) is 12.3 Å². The number of rotatable bonds is 8. The minimum Gasteiger partial charge on any atom is -0.396 e. The van der Waals surface area contributed by atoms with Crippen LogP contribution in [0.25, 0.3) is 0 Å². The molecule has 1 saturated heterocycles. The van der Waals surface area contributed by atoms with Crippen molar-refractivity contribution in [3.63, 3.8) is 0 Å². The van der Waals surface area contributed by atoms with Crippen molar-refractivity contribution in [1.29, 1.82) is 0 Å². The number of nitrogens with zero attached hydrogens (tertiary/aromatic N) is 2. The second-order valence-electron chi connectivity index (χ2n) is 8.49. The molecule has 0 saturated carbocycles. The number of thiophene rings is 1. The monoisotopic (exact) mass is 426 g/mol. The van der Waals surface area contributed by atoms with Gasteiger partial charge in [-0.25, -0.2) is 0 Å². The van der Waals surface area contributed by atoms with Crippen molar-refractivity contribution in [2.24, 2.45) is 5.41 Å². The van der Waals surface area contributed by atoms with Crippen molar-refractivity contribution in [1.82, 2.24) is 4.90 Å². The number of aliphatic hydroxyl groups excluding tert-OH is 2. The zero-order chi connectivity index (χ0) is 21.8. The maximum absolute atomic E-state index is 12.9. The Morgan fingerprint density at radius 2 is 1.76 bits per heavy atom. The molecule has 1 aromatic heterocycles. The summed E-state index contributed by atoms with van der Waals surface area (Å²) in [5.74, 6) is -0.422. The third-order valence-electron chi connectivity index (χ3n) is 5.78. The maximum atomic E-state index is 12.9. The zero-order valence-electron chi connectivity index (χ0n) is 17.7. The van der Waals surface area contributed by atoms with Gasteiger partial charge in [-0.05, 0) is 17.9 Å². The third kappa shape index (κ3) is 5.42. The average Bonchev–Trinajstić information content (AvgIpc) is 3.01. The van der Waals surface area contributed by atoms with E-state index < -0.39 is 5.41 Å². The minimum atomic E-state index is -0.551. The van der Waals surface area contributed by atoms with Gasteiger partial charge >= 0.3 is 0 Å². The predicted molar refractivity (Wildman–Crippen MR) is 112 cm³/mol. The predicted octanol–water partition coefficient (Wildman–Crippen LogP) is 0.867. The molecule has 0 aromatic carbocycles. The van der Waals surface area contributed by atoms with E-state index in [1.54, 1.807) is 14.1 Å². The number of carbonyl (C=O) groups is 3. The van der Waals surface area contributed by atoms with Crippen LogP contribution < -0.4 is 5.32 Å². The lowest BCUT2D eigenvalue weighted by Crippen LogP contribution is -2.61. The van der Waals surface area contributed by atoms with Gasteiger partial charge in [-0.2, -0.15) is 0 Å². The molecule has 2 heterocycles. The molecule has 162 valence electrons. The molecule has 1 aliphatic rings. The molecule has 0 radical (unpaired) electrons. The number of hydrogen-bond donors (Lipinski definition) is 3. The van der Waals surface area contributed by atoms with Crippen molar-refractivity contribution < 1.29 is 29.1 Å². The van der Waals surface area contributed by atoms with Crippen LogP contribution in [0.4, 0.5) is 5.69 Å². The summed E-state index contributed by atoms with van der Waals surface area (Å²) in [5.41, 5.74) is 0.797. The molecule has 2 rings (SSSR count). The van der Waals surface area contributed by atoms with Crippen LogP contribution in [0.1, 0.15) is 35.0 Å². The summed E-state index contributed by atoms with van der Waals surface area (Å²) < 4.78 is 0.295. The third-order valence-corrected chi connectivity index (χ3v) is 6.87. The number of aliphatic hydroxyl groups is 2. The Morgan fingerprint density at radius 1 is 1.17 bits per heavy atom. The molecule has 3 N–H and O–H groups in total. The molecular weight excluding hydrogens is 394 g/mol. The highest BCUT2D eigenvalue weighted by Gasteiger charge is 2.43. The van der Waals surface area contributed by atoms with Gasteiger partial charge in [0.2, 0.25) is 0 Å². The molecule has 1 aliphatic heterocycles. The van der Waals surface area contributed by atoms with Crippen LogP contribution >= 0.6 is 11.3 Å². The van der Waals surface area contributed by atoms with Crippen molar-refractivity contribution in [2.45, 2.75) is 26.7 Å². The molecule has 9 heteroatoms. The van der Waals surface area contributed by atoms with Gasteiger partial charge in [0.25, 0.3) is 11.8 Å². The minimum absolute atomic E-state index is 0.00603. The lowest BCUT2D eigenvalue weighted by molar-refractivity contribution is -0.920. The highest BCUT2D eigenvalue weighted by atomic mass is 32.1. The normalized spacial score (nSPS) is 17.6. The Labute approximate surface area is 175 Å². The highest BCUT2D eigenvalue weighted by molar-refractivity contribution is 7.13. The number of ketones is 1. The van der Waals surface area contributed by atoms with Crippen LogP contribution in [0.2, 0.25) is 0 Å². The Hall–Kier alpha value is -1.81. The number of aryl methyl sites for hydroxylation is 1. The molecule has 0 unspecified atom stereocenters. The standard InChI is InChI=1S/C20H31N3O5S/c1-14-11-29-18(19(28)22(3)4)17(14)21-16(27)10-23(9-15(2)26)7-5-20(12-24,13-25)6-8-23/h11,24-25H,5-10,12-13H2,1-4H3/p+1. The first-order valence-electron chi connectivity index (χ1n) is 9.73. The van der Waals surface area contributed by atoms with Gasteiger partial charge in [0, 0.05) is 39.3 Å². The fourth-order valence-corrected chi connectivity index (χ4v) is 4.87. The van der Waals surface area contributed by atoms with Crippen LogP contribution in [0.5, 0.6) is 0 Å². The molecule has 8 nitrogen and oxygen atoms in total. The van der Waals surface area contributed by atoms with E-state index in [1.165, 1.54) is 23.2 Å². The van der Waals surface area contributed by atoms with Gasteiger partial charge in [-0.15, -0.1) is 11.3 Å². The molecule has 1 fully saturated rings. The fraction of sp³-hybridized carbons (Fsp3) is 0.650. The highest BCUT2D eigenvalue weighted by Crippen LogP contribution is 2.34. The number of nitrogens with one attached hydrogen (secondary N) is 1. The lowest BCUT2D eigenvalue weighted by Gasteiger charge is -2.46. The quantitative estimate of drug-likeness (QED) is 0.535.